The quantitative estimate of drug-likeness (QED) is 0.891. The molecule has 3 unspecified atom stereocenters. The third-order valence-electron chi connectivity index (χ3n) is 4.05. The molecule has 1 aromatic rings. The number of fused-ring (bicyclic) bond motifs is 1. The Kier molecular flexibility index (Phi) is 2.60. The van der Waals surface area contributed by atoms with Gasteiger partial charge in [-0.3, -0.25) is 4.79 Å². The fourth-order valence-corrected chi connectivity index (χ4v) is 3.03. The van der Waals surface area contributed by atoms with Gasteiger partial charge >= 0.3 is 6.18 Å². The van der Waals surface area contributed by atoms with Crippen LogP contribution in [0.5, 0.6) is 0 Å². The van der Waals surface area contributed by atoms with Crippen molar-refractivity contribution in [2.24, 2.45) is 23.5 Å². The van der Waals surface area contributed by atoms with Gasteiger partial charge < -0.3 is 10.6 Å². The highest BCUT2D eigenvalue weighted by Gasteiger charge is 2.61. The summed E-state index contributed by atoms with van der Waals surface area (Å²) in [5.74, 6) is -0.121. The fourth-order valence-electron chi connectivity index (χ4n) is 3.03. The molecule has 1 heterocycles. The van der Waals surface area contributed by atoms with Crippen LogP contribution in [0, 0.1) is 17.8 Å². The van der Waals surface area contributed by atoms with Crippen molar-refractivity contribution in [3.05, 3.63) is 29.8 Å². The Bertz CT molecular complexity index is 529. The van der Waals surface area contributed by atoms with E-state index in [1.165, 1.54) is 23.1 Å². The Morgan fingerprint density at radius 1 is 1.32 bits per heavy atom. The zero-order valence-electron chi connectivity index (χ0n) is 10.0. The minimum Gasteiger partial charge on any atom is -0.330 e. The molecule has 0 aromatic heterocycles. The molecule has 0 spiro atoms. The lowest BCUT2D eigenvalue weighted by molar-refractivity contribution is -0.137. The topological polar surface area (TPSA) is 46.3 Å². The summed E-state index contributed by atoms with van der Waals surface area (Å²) in [6.45, 7) is 0.772. The van der Waals surface area contributed by atoms with Gasteiger partial charge in [0.2, 0.25) is 5.91 Å². The first-order valence-electron chi connectivity index (χ1n) is 6.13. The highest BCUT2D eigenvalue weighted by Crippen LogP contribution is 2.53. The van der Waals surface area contributed by atoms with Gasteiger partial charge in [-0.2, -0.15) is 13.2 Å². The predicted molar refractivity (Wildman–Crippen MR) is 63.3 cm³/mol. The summed E-state index contributed by atoms with van der Waals surface area (Å²) in [6.07, 6.45) is -4.45. The van der Waals surface area contributed by atoms with E-state index in [-0.39, 0.29) is 29.3 Å². The van der Waals surface area contributed by atoms with E-state index in [0.29, 0.717) is 13.1 Å². The molecule has 3 atom stereocenters. The molecule has 6 heteroatoms. The molecule has 2 aliphatic rings. The smallest absolute Gasteiger partial charge is 0.330 e. The van der Waals surface area contributed by atoms with Crippen LogP contribution in [0.4, 0.5) is 18.9 Å². The van der Waals surface area contributed by atoms with E-state index in [9.17, 15) is 18.0 Å². The second kappa shape index (κ2) is 3.96. The van der Waals surface area contributed by atoms with Crippen LogP contribution >= 0.6 is 0 Å². The van der Waals surface area contributed by atoms with Crippen molar-refractivity contribution in [3.63, 3.8) is 0 Å². The summed E-state index contributed by atoms with van der Waals surface area (Å²) in [6, 6.07) is 5.20. The van der Waals surface area contributed by atoms with Gasteiger partial charge in [-0.25, -0.2) is 0 Å². The highest BCUT2D eigenvalue weighted by molar-refractivity contribution is 6.01. The Morgan fingerprint density at radius 3 is 2.53 bits per heavy atom. The standard InChI is InChI=1S/C13H13F3N2O/c14-13(15,16)9-3-1-2-4-10(9)18-6-8-7(5-17)11(8)12(18)19/h1-4,7-8,11H,5-6,17H2. The molecule has 2 fully saturated rings. The number of hydrogen-bond donors (Lipinski definition) is 1. The van der Waals surface area contributed by atoms with Crippen molar-refractivity contribution in [3.8, 4) is 0 Å². The van der Waals surface area contributed by atoms with E-state index in [4.69, 9.17) is 5.73 Å². The van der Waals surface area contributed by atoms with E-state index in [1.54, 1.807) is 0 Å². The first-order valence-corrected chi connectivity index (χ1v) is 6.13. The number of rotatable bonds is 2. The summed E-state index contributed by atoms with van der Waals surface area (Å²) in [7, 11) is 0. The average Bonchev–Trinajstić information content (AvgIpc) is 2.97. The Morgan fingerprint density at radius 2 is 2.00 bits per heavy atom. The van der Waals surface area contributed by atoms with Gasteiger partial charge in [0, 0.05) is 12.5 Å². The summed E-state index contributed by atoms with van der Waals surface area (Å²) < 4.78 is 38.8. The summed E-state index contributed by atoms with van der Waals surface area (Å²) in [4.78, 5) is 13.4. The van der Waals surface area contributed by atoms with E-state index in [2.05, 4.69) is 0 Å². The van der Waals surface area contributed by atoms with Crippen molar-refractivity contribution < 1.29 is 18.0 Å². The van der Waals surface area contributed by atoms with Crippen molar-refractivity contribution in [1.82, 2.24) is 0 Å². The first kappa shape index (κ1) is 12.5. The second-order valence-corrected chi connectivity index (χ2v) is 5.05. The number of nitrogens with two attached hydrogens (primary N) is 1. The maximum atomic E-state index is 12.9. The number of piperidine rings is 1. The van der Waals surface area contributed by atoms with Gasteiger partial charge in [-0.1, -0.05) is 12.1 Å². The Labute approximate surface area is 108 Å². The van der Waals surface area contributed by atoms with Crippen molar-refractivity contribution in [2.75, 3.05) is 18.0 Å². The number of carbonyl (C=O) groups is 1. The molecule has 2 N–H and O–H groups in total. The number of para-hydroxylation sites is 1. The third kappa shape index (κ3) is 1.82. The highest BCUT2D eigenvalue weighted by atomic mass is 19.4. The van der Waals surface area contributed by atoms with Crippen LogP contribution in [0.25, 0.3) is 0 Å². The monoisotopic (exact) mass is 270 g/mol. The van der Waals surface area contributed by atoms with E-state index in [1.807, 2.05) is 0 Å². The molecule has 1 amide bonds. The zero-order chi connectivity index (χ0) is 13.8. The fraction of sp³-hybridized carbons (Fsp3) is 0.462. The maximum Gasteiger partial charge on any atom is 0.418 e. The summed E-state index contributed by atoms with van der Waals surface area (Å²) in [5, 5.41) is 0. The number of halogens is 3. The van der Waals surface area contributed by atoms with Crippen LogP contribution in [-0.2, 0) is 11.0 Å². The van der Waals surface area contributed by atoms with Crippen LogP contribution in [-0.4, -0.2) is 19.0 Å². The van der Waals surface area contributed by atoms with Crippen LogP contribution in [0.3, 0.4) is 0 Å². The normalized spacial score (nSPS) is 29.6. The van der Waals surface area contributed by atoms with Crippen molar-refractivity contribution in [1.29, 1.82) is 0 Å². The van der Waals surface area contributed by atoms with E-state index >= 15 is 0 Å². The lowest BCUT2D eigenvalue weighted by Gasteiger charge is -2.23. The predicted octanol–water partition coefficient (Wildman–Crippen LogP) is 1.87. The van der Waals surface area contributed by atoms with Crippen LogP contribution in [0.2, 0.25) is 0 Å². The second-order valence-electron chi connectivity index (χ2n) is 5.05. The van der Waals surface area contributed by atoms with E-state index in [0.717, 1.165) is 6.07 Å². The van der Waals surface area contributed by atoms with Gasteiger partial charge in [-0.05, 0) is 30.5 Å². The first-order chi connectivity index (χ1) is 8.95. The molecule has 3 nitrogen and oxygen atoms in total. The minimum absolute atomic E-state index is 0.0389. The van der Waals surface area contributed by atoms with Gasteiger partial charge in [0.1, 0.15) is 0 Å². The largest absolute Gasteiger partial charge is 0.418 e. The number of hydrogen-bond acceptors (Lipinski definition) is 2. The lowest BCUT2D eigenvalue weighted by Crippen LogP contribution is -2.32. The van der Waals surface area contributed by atoms with Gasteiger partial charge in [0.05, 0.1) is 11.3 Å². The van der Waals surface area contributed by atoms with Crippen molar-refractivity contribution in [2.45, 2.75) is 6.18 Å². The summed E-state index contributed by atoms with van der Waals surface area (Å²) in [5.41, 5.74) is 4.72. The maximum absolute atomic E-state index is 12.9. The number of carbonyl (C=O) groups excluding carboxylic acids is 1. The van der Waals surface area contributed by atoms with Crippen LogP contribution in [0.1, 0.15) is 5.56 Å². The van der Waals surface area contributed by atoms with Crippen LogP contribution < -0.4 is 10.6 Å². The molecule has 1 saturated carbocycles. The van der Waals surface area contributed by atoms with Gasteiger partial charge in [-0.15, -0.1) is 0 Å². The third-order valence-corrected chi connectivity index (χ3v) is 4.05. The molecule has 1 aromatic carbocycles. The lowest BCUT2D eigenvalue weighted by atomic mass is 10.1. The molecule has 1 aliphatic carbocycles. The molecule has 19 heavy (non-hydrogen) atoms. The molecule has 1 saturated heterocycles. The Hall–Kier alpha value is -1.56. The summed E-state index contributed by atoms with van der Waals surface area (Å²) >= 11 is 0. The Balaban J connectivity index is 1.92. The number of nitrogens with zero attached hydrogens (tertiary/aromatic N) is 1. The SMILES string of the molecule is NCC1C2CN(c3ccccc3C(F)(F)F)C(=O)C12. The number of benzene rings is 1. The number of amides is 1. The van der Waals surface area contributed by atoms with Gasteiger partial charge in [0.15, 0.2) is 0 Å². The van der Waals surface area contributed by atoms with Crippen molar-refractivity contribution >= 4 is 11.6 Å². The molecule has 1 aliphatic heterocycles. The van der Waals surface area contributed by atoms with Gasteiger partial charge in [0.25, 0.3) is 0 Å². The average molecular weight is 270 g/mol. The molecule has 3 rings (SSSR count). The zero-order valence-corrected chi connectivity index (χ0v) is 10.0. The van der Waals surface area contributed by atoms with E-state index < -0.39 is 11.7 Å². The molecule has 102 valence electrons. The minimum atomic E-state index is -4.45. The molecule has 0 bridgehead atoms. The molecular weight excluding hydrogens is 257 g/mol. The number of alkyl halides is 3. The van der Waals surface area contributed by atoms with Crippen LogP contribution in [0.15, 0.2) is 24.3 Å². The number of anilines is 1. The molecule has 0 radical (unpaired) electrons. The molecular formula is C13H13F3N2O.